The first kappa shape index (κ1) is 15.6. The van der Waals surface area contributed by atoms with Crippen LogP contribution >= 0.6 is 23.2 Å². The number of rotatable bonds is 4. The number of esters is 1. The second-order valence-electron chi connectivity index (χ2n) is 3.76. The van der Waals surface area contributed by atoms with Crippen molar-refractivity contribution in [3.63, 3.8) is 0 Å². The van der Waals surface area contributed by atoms with E-state index in [1.54, 1.807) is 6.92 Å². The molecule has 5 nitrogen and oxygen atoms in total. The maximum atomic E-state index is 12.3. The van der Waals surface area contributed by atoms with Crippen LogP contribution in [-0.2, 0) is 9.53 Å². The summed E-state index contributed by atoms with van der Waals surface area (Å²) in [5.41, 5.74) is 6.12. The van der Waals surface area contributed by atoms with Gasteiger partial charge in [-0.2, -0.15) is 0 Å². The molecule has 0 aliphatic heterocycles. The van der Waals surface area contributed by atoms with Crippen molar-refractivity contribution < 1.29 is 14.3 Å². The topological polar surface area (TPSA) is 72.6 Å². The van der Waals surface area contributed by atoms with Gasteiger partial charge in [-0.1, -0.05) is 23.2 Å². The highest BCUT2D eigenvalue weighted by molar-refractivity contribution is 6.44. The van der Waals surface area contributed by atoms with E-state index in [2.05, 4.69) is 4.74 Å². The maximum Gasteiger partial charge on any atom is 0.325 e. The number of nitrogens with zero attached hydrogens (tertiary/aromatic N) is 1. The minimum Gasteiger partial charge on any atom is -0.468 e. The minimum absolute atomic E-state index is 0.115. The van der Waals surface area contributed by atoms with Gasteiger partial charge in [0.05, 0.1) is 22.7 Å². The Kier molecular flexibility index (Phi) is 5.44. The van der Waals surface area contributed by atoms with Gasteiger partial charge in [-0.05, 0) is 19.1 Å². The molecule has 0 saturated heterocycles. The zero-order valence-corrected chi connectivity index (χ0v) is 12.1. The third-order valence-electron chi connectivity index (χ3n) is 2.50. The van der Waals surface area contributed by atoms with E-state index in [9.17, 15) is 9.59 Å². The molecule has 0 unspecified atom stereocenters. The van der Waals surface area contributed by atoms with E-state index in [0.29, 0.717) is 12.2 Å². The lowest BCUT2D eigenvalue weighted by Crippen LogP contribution is -2.36. The Balaban J connectivity index is 3.07. The number of ether oxygens (including phenoxy) is 1. The minimum atomic E-state index is -0.513. The van der Waals surface area contributed by atoms with Gasteiger partial charge in [0.2, 0.25) is 0 Å². The Bertz CT molecular complexity index is 506. The number of hydrogen-bond donors (Lipinski definition) is 1. The molecule has 0 aliphatic rings. The Labute approximate surface area is 121 Å². The van der Waals surface area contributed by atoms with Crippen molar-refractivity contribution in [2.45, 2.75) is 6.92 Å². The predicted molar refractivity (Wildman–Crippen MR) is 74.5 cm³/mol. The number of nitrogen functional groups attached to an aromatic ring is 1. The van der Waals surface area contributed by atoms with Gasteiger partial charge in [0.25, 0.3) is 5.91 Å². The average Bonchev–Trinajstić information content (AvgIpc) is 2.38. The molecule has 19 heavy (non-hydrogen) atoms. The number of benzene rings is 1. The van der Waals surface area contributed by atoms with Crippen LogP contribution in [0.2, 0.25) is 10.0 Å². The highest BCUT2D eigenvalue weighted by Crippen LogP contribution is 2.29. The molecular formula is C12H14Cl2N2O3. The summed E-state index contributed by atoms with van der Waals surface area (Å²) in [7, 11) is 1.25. The molecule has 0 aromatic heterocycles. The number of likely N-dealkylation sites (N-methyl/N-ethyl adjacent to an activating group) is 1. The van der Waals surface area contributed by atoms with E-state index in [1.165, 1.54) is 24.1 Å². The molecule has 7 heteroatoms. The molecule has 0 saturated carbocycles. The lowest BCUT2D eigenvalue weighted by atomic mass is 10.1. The molecule has 2 N–H and O–H groups in total. The molecule has 0 bridgehead atoms. The van der Waals surface area contributed by atoms with Crippen molar-refractivity contribution in [1.82, 2.24) is 4.90 Å². The molecule has 104 valence electrons. The molecule has 1 aromatic rings. The summed E-state index contributed by atoms with van der Waals surface area (Å²) in [6.45, 7) is 1.91. The van der Waals surface area contributed by atoms with Crippen molar-refractivity contribution in [1.29, 1.82) is 0 Å². The summed E-state index contributed by atoms with van der Waals surface area (Å²) in [6, 6.07) is 2.88. The van der Waals surface area contributed by atoms with E-state index >= 15 is 0 Å². The number of amides is 1. The van der Waals surface area contributed by atoms with Crippen molar-refractivity contribution in [2.75, 3.05) is 25.9 Å². The highest BCUT2D eigenvalue weighted by atomic mass is 35.5. The molecule has 0 spiro atoms. The SMILES string of the molecule is CCN(CC(=O)OC)C(=O)c1cc(N)cc(Cl)c1Cl. The van der Waals surface area contributed by atoms with Gasteiger partial charge in [-0.3, -0.25) is 9.59 Å². The lowest BCUT2D eigenvalue weighted by molar-refractivity contribution is -0.141. The zero-order chi connectivity index (χ0) is 14.6. The monoisotopic (exact) mass is 304 g/mol. The summed E-state index contributed by atoms with van der Waals surface area (Å²) in [5.74, 6) is -0.937. The van der Waals surface area contributed by atoms with E-state index in [4.69, 9.17) is 28.9 Å². The Morgan fingerprint density at radius 3 is 2.53 bits per heavy atom. The third kappa shape index (κ3) is 3.75. The average molecular weight is 305 g/mol. The van der Waals surface area contributed by atoms with Crippen LogP contribution in [0.25, 0.3) is 0 Å². The normalized spacial score (nSPS) is 10.1. The predicted octanol–water partition coefficient (Wildman–Crippen LogP) is 2.21. The second-order valence-corrected chi connectivity index (χ2v) is 4.54. The number of halogens is 2. The van der Waals surface area contributed by atoms with Crippen LogP contribution in [0.1, 0.15) is 17.3 Å². The number of methoxy groups -OCH3 is 1. The van der Waals surface area contributed by atoms with Crippen LogP contribution in [-0.4, -0.2) is 37.0 Å². The highest BCUT2D eigenvalue weighted by Gasteiger charge is 2.21. The Morgan fingerprint density at radius 2 is 2.00 bits per heavy atom. The van der Waals surface area contributed by atoms with Crippen molar-refractivity contribution in [3.05, 3.63) is 27.7 Å². The number of carbonyl (C=O) groups is 2. The van der Waals surface area contributed by atoms with Gasteiger partial charge in [0.15, 0.2) is 0 Å². The summed E-state index contributed by atoms with van der Waals surface area (Å²) >= 11 is 11.9. The van der Waals surface area contributed by atoms with Crippen LogP contribution in [0.15, 0.2) is 12.1 Å². The van der Waals surface area contributed by atoms with E-state index in [0.717, 1.165) is 0 Å². The lowest BCUT2D eigenvalue weighted by Gasteiger charge is -2.20. The van der Waals surface area contributed by atoms with Gasteiger partial charge in [0, 0.05) is 12.2 Å². The van der Waals surface area contributed by atoms with Crippen molar-refractivity contribution >= 4 is 40.8 Å². The molecule has 1 aromatic carbocycles. The third-order valence-corrected chi connectivity index (χ3v) is 3.30. The van der Waals surface area contributed by atoms with Crippen molar-refractivity contribution in [3.8, 4) is 0 Å². The Hall–Kier alpha value is -1.46. The van der Waals surface area contributed by atoms with E-state index < -0.39 is 11.9 Å². The van der Waals surface area contributed by atoms with Crippen LogP contribution in [0, 0.1) is 0 Å². The molecule has 0 heterocycles. The van der Waals surface area contributed by atoms with Crippen LogP contribution in [0.3, 0.4) is 0 Å². The number of anilines is 1. The smallest absolute Gasteiger partial charge is 0.325 e. The molecule has 1 rings (SSSR count). The van der Waals surface area contributed by atoms with Gasteiger partial charge in [-0.15, -0.1) is 0 Å². The number of nitrogens with two attached hydrogens (primary N) is 1. The zero-order valence-electron chi connectivity index (χ0n) is 10.6. The molecule has 0 radical (unpaired) electrons. The maximum absolute atomic E-state index is 12.3. The molecule has 1 amide bonds. The molecular weight excluding hydrogens is 291 g/mol. The van der Waals surface area contributed by atoms with Crippen LogP contribution in [0.4, 0.5) is 5.69 Å². The fourth-order valence-electron chi connectivity index (χ4n) is 1.48. The fraction of sp³-hybridized carbons (Fsp3) is 0.333. The van der Waals surface area contributed by atoms with Crippen LogP contribution in [0.5, 0.6) is 0 Å². The largest absolute Gasteiger partial charge is 0.468 e. The second kappa shape index (κ2) is 6.63. The first-order chi connectivity index (χ1) is 8.90. The molecule has 0 fully saturated rings. The van der Waals surface area contributed by atoms with Gasteiger partial charge in [-0.25, -0.2) is 0 Å². The standard InChI is InChI=1S/C12H14Cl2N2O3/c1-3-16(6-10(17)19-2)12(18)8-4-7(15)5-9(13)11(8)14/h4-5H,3,6,15H2,1-2H3. The fourth-order valence-corrected chi connectivity index (χ4v) is 1.90. The molecule has 0 aliphatic carbocycles. The molecule has 0 atom stereocenters. The summed E-state index contributed by atoms with van der Waals surface area (Å²) in [4.78, 5) is 24.8. The van der Waals surface area contributed by atoms with E-state index in [-0.39, 0.29) is 22.2 Å². The number of carbonyl (C=O) groups excluding carboxylic acids is 2. The van der Waals surface area contributed by atoms with Gasteiger partial charge >= 0.3 is 5.97 Å². The van der Waals surface area contributed by atoms with Crippen LogP contribution < -0.4 is 5.73 Å². The first-order valence-electron chi connectivity index (χ1n) is 5.51. The Morgan fingerprint density at radius 1 is 1.37 bits per heavy atom. The van der Waals surface area contributed by atoms with E-state index in [1.807, 2.05) is 0 Å². The quantitative estimate of drug-likeness (QED) is 0.684. The summed E-state index contributed by atoms with van der Waals surface area (Å²) in [6.07, 6.45) is 0. The summed E-state index contributed by atoms with van der Waals surface area (Å²) < 4.78 is 4.53. The first-order valence-corrected chi connectivity index (χ1v) is 6.26. The summed E-state index contributed by atoms with van der Waals surface area (Å²) in [5, 5.41) is 0.309. The van der Waals surface area contributed by atoms with Gasteiger partial charge < -0.3 is 15.4 Å². The van der Waals surface area contributed by atoms with Gasteiger partial charge in [0.1, 0.15) is 6.54 Å². The van der Waals surface area contributed by atoms with Crippen molar-refractivity contribution in [2.24, 2.45) is 0 Å². The number of hydrogen-bond acceptors (Lipinski definition) is 4.